The Morgan fingerprint density at radius 3 is 2.50 bits per heavy atom. The molecule has 8 heteroatoms. The lowest BCUT2D eigenvalue weighted by atomic mass is 10.1. The number of ether oxygens (including phenoxy) is 1. The highest BCUT2D eigenvalue weighted by Crippen LogP contribution is 2.26. The zero-order chi connectivity index (χ0) is 21.1. The van der Waals surface area contributed by atoms with Crippen molar-refractivity contribution in [3.05, 3.63) is 53.6 Å². The van der Waals surface area contributed by atoms with Crippen molar-refractivity contribution in [1.82, 2.24) is 9.21 Å². The second kappa shape index (κ2) is 8.75. The molecule has 1 N–H and O–H groups in total. The molecule has 0 bridgehead atoms. The summed E-state index contributed by atoms with van der Waals surface area (Å²) < 4.78 is 32.7. The number of amides is 1. The predicted octanol–water partition coefficient (Wildman–Crippen LogP) is 2.13. The second-order valence-corrected chi connectivity index (χ2v) is 9.57. The minimum atomic E-state index is -3.51. The number of fused-ring (bicyclic) bond motifs is 1. The fourth-order valence-electron chi connectivity index (χ4n) is 3.89. The van der Waals surface area contributed by atoms with Crippen LogP contribution in [0.25, 0.3) is 0 Å². The van der Waals surface area contributed by atoms with Gasteiger partial charge in [-0.2, -0.15) is 4.31 Å². The van der Waals surface area contributed by atoms with Crippen molar-refractivity contribution < 1.29 is 17.9 Å². The highest BCUT2D eigenvalue weighted by Gasteiger charge is 2.27. The van der Waals surface area contributed by atoms with Crippen molar-refractivity contribution in [2.75, 3.05) is 44.6 Å². The van der Waals surface area contributed by atoms with Gasteiger partial charge in [0.15, 0.2) is 0 Å². The molecule has 2 aliphatic rings. The SMILES string of the molecule is CCN1CCN(S(=O)(=O)c2ccc(NC(=O)Cc3ccc4c(c3)CCO4)cc2)CC1. The molecule has 1 saturated heterocycles. The van der Waals surface area contributed by atoms with E-state index in [1.807, 2.05) is 18.2 Å². The molecular formula is C22H27N3O4S. The lowest BCUT2D eigenvalue weighted by Gasteiger charge is -2.33. The average molecular weight is 430 g/mol. The maximum Gasteiger partial charge on any atom is 0.243 e. The van der Waals surface area contributed by atoms with Crippen LogP contribution in [-0.2, 0) is 27.7 Å². The molecular weight excluding hydrogens is 402 g/mol. The zero-order valence-electron chi connectivity index (χ0n) is 17.1. The van der Waals surface area contributed by atoms with Gasteiger partial charge < -0.3 is 15.0 Å². The fraction of sp³-hybridized carbons (Fsp3) is 0.409. The van der Waals surface area contributed by atoms with Gasteiger partial charge in [-0.1, -0.05) is 19.1 Å². The normalized spacial score (nSPS) is 17.4. The Kier molecular flexibility index (Phi) is 6.08. The molecule has 1 fully saturated rings. The number of nitrogens with one attached hydrogen (secondary N) is 1. The molecule has 30 heavy (non-hydrogen) atoms. The van der Waals surface area contributed by atoms with Crippen molar-refractivity contribution in [3.63, 3.8) is 0 Å². The van der Waals surface area contributed by atoms with Crippen molar-refractivity contribution in [2.24, 2.45) is 0 Å². The van der Waals surface area contributed by atoms with Crippen LogP contribution < -0.4 is 10.1 Å². The first-order chi connectivity index (χ1) is 14.5. The largest absolute Gasteiger partial charge is 0.493 e. The monoisotopic (exact) mass is 429 g/mol. The summed E-state index contributed by atoms with van der Waals surface area (Å²) in [6, 6.07) is 12.2. The van der Waals surface area contributed by atoms with Crippen LogP contribution in [0, 0.1) is 0 Å². The average Bonchev–Trinajstić information content (AvgIpc) is 3.22. The standard InChI is InChI=1S/C22H27N3O4S/c1-2-24-10-12-25(13-11-24)30(27,28)20-6-4-19(5-7-20)23-22(26)16-17-3-8-21-18(15-17)9-14-29-21/h3-8,15H,2,9-14,16H2,1H3,(H,23,26). The molecule has 0 atom stereocenters. The molecule has 160 valence electrons. The molecule has 0 aromatic heterocycles. The van der Waals surface area contributed by atoms with E-state index in [1.54, 1.807) is 24.3 Å². The van der Waals surface area contributed by atoms with Crippen LogP contribution in [-0.4, -0.2) is 62.9 Å². The van der Waals surface area contributed by atoms with E-state index in [-0.39, 0.29) is 17.2 Å². The molecule has 0 radical (unpaired) electrons. The molecule has 0 unspecified atom stereocenters. The van der Waals surface area contributed by atoms with Crippen molar-refractivity contribution in [2.45, 2.75) is 24.7 Å². The summed E-state index contributed by atoms with van der Waals surface area (Å²) in [5.74, 6) is 0.757. The van der Waals surface area contributed by atoms with E-state index < -0.39 is 10.0 Å². The summed E-state index contributed by atoms with van der Waals surface area (Å²) in [5.41, 5.74) is 2.65. The van der Waals surface area contributed by atoms with Crippen molar-refractivity contribution in [3.8, 4) is 5.75 Å². The molecule has 1 amide bonds. The molecule has 2 aromatic carbocycles. The number of hydrogen-bond acceptors (Lipinski definition) is 5. The van der Waals surface area contributed by atoms with Gasteiger partial charge in [0, 0.05) is 38.3 Å². The maximum atomic E-state index is 12.9. The van der Waals surface area contributed by atoms with E-state index in [9.17, 15) is 13.2 Å². The van der Waals surface area contributed by atoms with Gasteiger partial charge in [-0.3, -0.25) is 4.79 Å². The summed E-state index contributed by atoms with van der Waals surface area (Å²) in [6.45, 7) is 6.20. The van der Waals surface area contributed by atoms with Crippen LogP contribution in [0.2, 0.25) is 0 Å². The number of nitrogens with zero attached hydrogens (tertiary/aromatic N) is 2. The second-order valence-electron chi connectivity index (χ2n) is 7.63. The van der Waals surface area contributed by atoms with Gasteiger partial charge in [-0.05, 0) is 48.0 Å². The lowest BCUT2D eigenvalue weighted by Crippen LogP contribution is -2.48. The maximum absolute atomic E-state index is 12.9. The summed E-state index contributed by atoms with van der Waals surface area (Å²) in [5, 5.41) is 2.84. The van der Waals surface area contributed by atoms with E-state index in [1.165, 1.54) is 4.31 Å². The van der Waals surface area contributed by atoms with Gasteiger partial charge >= 0.3 is 0 Å². The van der Waals surface area contributed by atoms with Gasteiger partial charge in [-0.25, -0.2) is 8.42 Å². The summed E-state index contributed by atoms with van der Waals surface area (Å²) in [7, 11) is -3.51. The predicted molar refractivity (Wildman–Crippen MR) is 115 cm³/mol. The van der Waals surface area contributed by atoms with Crippen LogP contribution >= 0.6 is 0 Å². The number of rotatable bonds is 6. The highest BCUT2D eigenvalue weighted by atomic mass is 32.2. The number of carbonyl (C=O) groups is 1. The number of anilines is 1. The number of likely N-dealkylation sites (N-methyl/N-ethyl adjacent to an activating group) is 1. The minimum absolute atomic E-state index is 0.139. The van der Waals surface area contributed by atoms with E-state index in [4.69, 9.17) is 4.74 Å². The van der Waals surface area contributed by atoms with Crippen LogP contribution in [0.15, 0.2) is 47.4 Å². The molecule has 7 nitrogen and oxygen atoms in total. The Morgan fingerprint density at radius 2 is 1.80 bits per heavy atom. The smallest absolute Gasteiger partial charge is 0.243 e. The number of hydrogen-bond donors (Lipinski definition) is 1. The van der Waals surface area contributed by atoms with Crippen LogP contribution in [0.3, 0.4) is 0 Å². The number of benzene rings is 2. The Hall–Kier alpha value is -2.42. The third-order valence-corrected chi connectivity index (χ3v) is 7.59. The zero-order valence-corrected chi connectivity index (χ0v) is 18.0. The van der Waals surface area contributed by atoms with Gasteiger partial charge in [0.2, 0.25) is 15.9 Å². The van der Waals surface area contributed by atoms with Gasteiger partial charge in [-0.15, -0.1) is 0 Å². The molecule has 2 heterocycles. The van der Waals surface area contributed by atoms with Crippen molar-refractivity contribution in [1.29, 1.82) is 0 Å². The summed E-state index contributed by atoms with van der Waals surface area (Å²) >= 11 is 0. The van der Waals surface area contributed by atoms with Gasteiger partial charge in [0.25, 0.3) is 0 Å². The molecule has 2 aromatic rings. The topological polar surface area (TPSA) is 79.0 Å². The number of piperazine rings is 1. The first-order valence-corrected chi connectivity index (χ1v) is 11.8. The molecule has 0 saturated carbocycles. The molecule has 2 aliphatic heterocycles. The molecule has 0 aliphatic carbocycles. The van der Waals surface area contributed by atoms with Crippen molar-refractivity contribution >= 4 is 21.6 Å². The quantitative estimate of drug-likeness (QED) is 0.761. The first kappa shape index (κ1) is 20.8. The minimum Gasteiger partial charge on any atom is -0.493 e. The Bertz CT molecular complexity index is 1010. The summed E-state index contributed by atoms with van der Waals surface area (Å²) in [4.78, 5) is 14.9. The van der Waals surface area contributed by atoms with E-state index in [2.05, 4.69) is 17.1 Å². The van der Waals surface area contributed by atoms with Crippen LogP contribution in [0.1, 0.15) is 18.1 Å². The molecule has 0 spiro atoms. The van der Waals surface area contributed by atoms with Crippen LogP contribution in [0.4, 0.5) is 5.69 Å². The van der Waals surface area contributed by atoms with E-state index in [0.29, 0.717) is 25.4 Å². The van der Waals surface area contributed by atoms with E-state index >= 15 is 0 Å². The third-order valence-electron chi connectivity index (χ3n) is 5.67. The summed E-state index contributed by atoms with van der Waals surface area (Å²) in [6.07, 6.45) is 1.13. The van der Waals surface area contributed by atoms with Crippen LogP contribution in [0.5, 0.6) is 5.75 Å². The Labute approximate surface area is 177 Å². The fourth-order valence-corrected chi connectivity index (χ4v) is 5.31. The number of sulfonamides is 1. The van der Waals surface area contributed by atoms with Gasteiger partial charge in [0.05, 0.1) is 17.9 Å². The van der Waals surface area contributed by atoms with Gasteiger partial charge in [0.1, 0.15) is 5.75 Å². The Balaban J connectivity index is 1.37. The Morgan fingerprint density at radius 1 is 1.07 bits per heavy atom. The first-order valence-electron chi connectivity index (χ1n) is 10.3. The molecule has 4 rings (SSSR count). The highest BCUT2D eigenvalue weighted by molar-refractivity contribution is 7.89. The third kappa shape index (κ3) is 4.50. The lowest BCUT2D eigenvalue weighted by molar-refractivity contribution is -0.115. The number of carbonyl (C=O) groups excluding carboxylic acids is 1. The van der Waals surface area contributed by atoms with E-state index in [0.717, 1.165) is 42.9 Å².